The lowest BCUT2D eigenvalue weighted by molar-refractivity contribution is 0.0199. The van der Waals surface area contributed by atoms with Crippen LogP contribution in [0.2, 0.25) is 0 Å². The number of carbonyl (C=O) groups excluding carboxylic acids is 1. The molecule has 1 saturated heterocycles. The van der Waals surface area contributed by atoms with E-state index in [1.165, 1.54) is 0 Å². The Bertz CT molecular complexity index is 751. The standard InChI is InChI=1S/C18H23N3O4/c1-18(2,3)24-17(22)21-11-7-9-13(21)16-19-15(20-25-16)12-8-5-6-10-14(12)23-4/h5-6,8,10,13H,7,9,11H2,1-4H3/t13-/m0/s1. The van der Waals surface area contributed by atoms with Crippen LogP contribution in [0.3, 0.4) is 0 Å². The first-order valence-corrected chi connectivity index (χ1v) is 8.35. The zero-order chi connectivity index (χ0) is 18.0. The van der Waals surface area contributed by atoms with Gasteiger partial charge in [-0.2, -0.15) is 4.98 Å². The third-order valence-electron chi connectivity index (χ3n) is 3.96. The minimum Gasteiger partial charge on any atom is -0.496 e. The van der Waals surface area contributed by atoms with Crippen LogP contribution in [0.1, 0.15) is 45.5 Å². The summed E-state index contributed by atoms with van der Waals surface area (Å²) in [5.41, 5.74) is 0.212. The van der Waals surface area contributed by atoms with Gasteiger partial charge in [0, 0.05) is 6.54 Å². The first-order chi connectivity index (χ1) is 11.9. The van der Waals surface area contributed by atoms with Crippen LogP contribution in [0.15, 0.2) is 28.8 Å². The normalized spacial score (nSPS) is 17.6. The maximum absolute atomic E-state index is 12.4. The second-order valence-corrected chi connectivity index (χ2v) is 6.99. The number of hydrogen-bond donors (Lipinski definition) is 0. The number of nitrogens with zero attached hydrogens (tertiary/aromatic N) is 3. The molecular weight excluding hydrogens is 322 g/mol. The minimum atomic E-state index is -0.540. The van der Waals surface area contributed by atoms with Crippen LogP contribution in [-0.4, -0.2) is 40.4 Å². The quantitative estimate of drug-likeness (QED) is 0.841. The van der Waals surface area contributed by atoms with Gasteiger partial charge < -0.3 is 14.0 Å². The third-order valence-corrected chi connectivity index (χ3v) is 3.96. The van der Waals surface area contributed by atoms with Crippen molar-refractivity contribution in [3.63, 3.8) is 0 Å². The molecule has 1 aromatic heterocycles. The van der Waals surface area contributed by atoms with E-state index in [2.05, 4.69) is 10.1 Å². The largest absolute Gasteiger partial charge is 0.496 e. The summed E-state index contributed by atoms with van der Waals surface area (Å²) in [6, 6.07) is 7.22. The number of hydrogen-bond acceptors (Lipinski definition) is 6. The number of rotatable bonds is 3. The number of aromatic nitrogens is 2. The Balaban J connectivity index is 1.83. The summed E-state index contributed by atoms with van der Waals surface area (Å²) in [6.07, 6.45) is 1.29. The number of methoxy groups -OCH3 is 1. The molecule has 1 aliphatic heterocycles. The first kappa shape index (κ1) is 17.3. The van der Waals surface area contributed by atoms with Gasteiger partial charge in [-0.15, -0.1) is 0 Å². The van der Waals surface area contributed by atoms with Crippen LogP contribution < -0.4 is 4.74 Å². The predicted molar refractivity (Wildman–Crippen MR) is 91.2 cm³/mol. The molecule has 1 atom stereocenters. The van der Waals surface area contributed by atoms with Gasteiger partial charge in [-0.05, 0) is 45.7 Å². The molecule has 2 heterocycles. The molecule has 1 fully saturated rings. The highest BCUT2D eigenvalue weighted by Gasteiger charge is 2.36. The average Bonchev–Trinajstić information content (AvgIpc) is 3.22. The Hall–Kier alpha value is -2.57. The zero-order valence-corrected chi connectivity index (χ0v) is 15.0. The molecule has 0 radical (unpaired) electrons. The number of amides is 1. The second-order valence-electron chi connectivity index (χ2n) is 6.99. The first-order valence-electron chi connectivity index (χ1n) is 8.35. The van der Waals surface area contributed by atoms with Gasteiger partial charge >= 0.3 is 6.09 Å². The molecule has 0 bridgehead atoms. The van der Waals surface area contributed by atoms with E-state index in [1.807, 2.05) is 45.0 Å². The Morgan fingerprint density at radius 2 is 2.08 bits per heavy atom. The summed E-state index contributed by atoms with van der Waals surface area (Å²) >= 11 is 0. The molecule has 0 N–H and O–H groups in total. The maximum Gasteiger partial charge on any atom is 0.410 e. The van der Waals surface area contributed by atoms with E-state index in [0.29, 0.717) is 24.0 Å². The van der Waals surface area contributed by atoms with Gasteiger partial charge in [0.15, 0.2) is 0 Å². The molecular formula is C18H23N3O4. The summed E-state index contributed by atoms with van der Waals surface area (Å²) in [7, 11) is 1.60. The number of carbonyl (C=O) groups is 1. The molecule has 1 aromatic carbocycles. The number of para-hydroxylation sites is 1. The lowest BCUT2D eigenvalue weighted by Gasteiger charge is -2.26. The molecule has 0 unspecified atom stereocenters. The van der Waals surface area contributed by atoms with Gasteiger partial charge in [-0.1, -0.05) is 17.3 Å². The average molecular weight is 345 g/mol. The highest BCUT2D eigenvalue weighted by atomic mass is 16.6. The summed E-state index contributed by atoms with van der Waals surface area (Å²) in [4.78, 5) is 18.6. The van der Waals surface area contributed by atoms with Crippen LogP contribution in [0.5, 0.6) is 5.75 Å². The van der Waals surface area contributed by atoms with E-state index in [9.17, 15) is 4.79 Å². The van der Waals surface area contributed by atoms with Crippen molar-refractivity contribution in [1.29, 1.82) is 0 Å². The fourth-order valence-electron chi connectivity index (χ4n) is 2.87. The van der Waals surface area contributed by atoms with Gasteiger partial charge in [-0.3, -0.25) is 4.90 Å². The Labute approximate surface area is 146 Å². The van der Waals surface area contributed by atoms with Crippen molar-refractivity contribution in [3.05, 3.63) is 30.2 Å². The van der Waals surface area contributed by atoms with E-state index in [4.69, 9.17) is 14.0 Å². The van der Waals surface area contributed by atoms with E-state index < -0.39 is 5.60 Å². The highest BCUT2D eigenvalue weighted by Crippen LogP contribution is 2.34. The number of benzene rings is 1. The Kier molecular flexibility index (Phi) is 4.65. The van der Waals surface area contributed by atoms with Crippen LogP contribution in [0, 0.1) is 0 Å². The van der Waals surface area contributed by atoms with E-state index in [0.717, 1.165) is 18.4 Å². The van der Waals surface area contributed by atoms with Crippen LogP contribution >= 0.6 is 0 Å². The van der Waals surface area contributed by atoms with Crippen molar-refractivity contribution in [3.8, 4) is 17.1 Å². The van der Waals surface area contributed by atoms with Crippen molar-refractivity contribution in [2.75, 3.05) is 13.7 Å². The molecule has 0 saturated carbocycles. The zero-order valence-electron chi connectivity index (χ0n) is 15.0. The van der Waals surface area contributed by atoms with Gasteiger partial charge in [0.25, 0.3) is 0 Å². The van der Waals surface area contributed by atoms with Crippen LogP contribution in [-0.2, 0) is 4.74 Å². The molecule has 0 aliphatic carbocycles. The summed E-state index contributed by atoms with van der Waals surface area (Å²) in [5, 5.41) is 4.06. The Morgan fingerprint density at radius 1 is 1.32 bits per heavy atom. The van der Waals surface area contributed by atoms with E-state index >= 15 is 0 Å². The number of ether oxygens (including phenoxy) is 2. The lowest BCUT2D eigenvalue weighted by atomic mass is 10.2. The van der Waals surface area contributed by atoms with Crippen molar-refractivity contribution < 1.29 is 18.8 Å². The smallest absolute Gasteiger partial charge is 0.410 e. The molecule has 134 valence electrons. The van der Waals surface area contributed by atoms with Crippen molar-refractivity contribution in [2.24, 2.45) is 0 Å². The summed E-state index contributed by atoms with van der Waals surface area (Å²) in [5.74, 6) is 1.54. The molecule has 7 nitrogen and oxygen atoms in total. The fourth-order valence-corrected chi connectivity index (χ4v) is 2.87. The molecule has 0 spiro atoms. The number of likely N-dealkylation sites (tertiary alicyclic amines) is 1. The molecule has 7 heteroatoms. The molecule has 1 amide bonds. The molecule has 1 aliphatic rings. The summed E-state index contributed by atoms with van der Waals surface area (Å²) in [6.45, 7) is 6.17. The lowest BCUT2D eigenvalue weighted by Crippen LogP contribution is -2.36. The Morgan fingerprint density at radius 3 is 2.80 bits per heavy atom. The van der Waals surface area contributed by atoms with Crippen molar-refractivity contribution >= 4 is 6.09 Å². The van der Waals surface area contributed by atoms with Gasteiger partial charge in [0.05, 0.1) is 12.7 Å². The van der Waals surface area contributed by atoms with Gasteiger partial charge in [0.2, 0.25) is 11.7 Å². The maximum atomic E-state index is 12.4. The predicted octanol–water partition coefficient (Wildman–Crippen LogP) is 3.82. The van der Waals surface area contributed by atoms with Crippen molar-refractivity contribution in [2.45, 2.75) is 45.3 Å². The second kappa shape index (κ2) is 6.74. The SMILES string of the molecule is COc1ccccc1-c1noc([C@@H]2CCCN2C(=O)OC(C)(C)C)n1. The minimum absolute atomic E-state index is 0.259. The van der Waals surface area contributed by atoms with Crippen LogP contribution in [0.25, 0.3) is 11.4 Å². The molecule has 3 rings (SSSR count). The van der Waals surface area contributed by atoms with E-state index in [-0.39, 0.29) is 12.1 Å². The van der Waals surface area contributed by atoms with E-state index in [1.54, 1.807) is 12.0 Å². The fraction of sp³-hybridized carbons (Fsp3) is 0.500. The molecule has 25 heavy (non-hydrogen) atoms. The summed E-state index contributed by atoms with van der Waals surface area (Å²) < 4.78 is 16.3. The van der Waals surface area contributed by atoms with Crippen LogP contribution in [0.4, 0.5) is 4.79 Å². The van der Waals surface area contributed by atoms with Gasteiger partial charge in [-0.25, -0.2) is 4.79 Å². The monoisotopic (exact) mass is 345 g/mol. The topological polar surface area (TPSA) is 77.7 Å². The third kappa shape index (κ3) is 3.75. The molecule has 2 aromatic rings. The van der Waals surface area contributed by atoms with Gasteiger partial charge in [0.1, 0.15) is 17.4 Å². The highest BCUT2D eigenvalue weighted by molar-refractivity contribution is 5.69. The van der Waals surface area contributed by atoms with Crippen molar-refractivity contribution in [1.82, 2.24) is 15.0 Å².